The van der Waals surface area contributed by atoms with Gasteiger partial charge in [-0.1, -0.05) is 74.6 Å². The Balaban J connectivity index is 1.69. The van der Waals surface area contributed by atoms with Gasteiger partial charge in [-0.3, -0.25) is 0 Å². The van der Waals surface area contributed by atoms with Crippen molar-refractivity contribution in [2.75, 3.05) is 6.61 Å². The SMILES string of the molecule is CCCCCCCCOC(=O)c1cn(Cc2ccccc2)nn1. The molecule has 1 aromatic heterocycles. The van der Waals surface area contributed by atoms with Crippen LogP contribution >= 0.6 is 0 Å². The number of ether oxygens (including phenoxy) is 1. The fourth-order valence-corrected chi connectivity index (χ4v) is 2.36. The van der Waals surface area contributed by atoms with E-state index in [1.54, 1.807) is 10.9 Å². The highest BCUT2D eigenvalue weighted by Crippen LogP contribution is 2.06. The third-order valence-corrected chi connectivity index (χ3v) is 3.67. The summed E-state index contributed by atoms with van der Waals surface area (Å²) in [6.07, 6.45) is 8.65. The van der Waals surface area contributed by atoms with E-state index in [1.165, 1.54) is 25.7 Å². The second-order valence-electron chi connectivity index (χ2n) is 5.69. The largest absolute Gasteiger partial charge is 0.461 e. The minimum atomic E-state index is -0.391. The van der Waals surface area contributed by atoms with Crippen molar-refractivity contribution in [3.63, 3.8) is 0 Å². The van der Waals surface area contributed by atoms with E-state index in [0.29, 0.717) is 13.2 Å². The first-order chi connectivity index (χ1) is 11.3. The van der Waals surface area contributed by atoms with Crippen LogP contribution in [0, 0.1) is 0 Å². The van der Waals surface area contributed by atoms with Gasteiger partial charge in [0.2, 0.25) is 0 Å². The number of aromatic nitrogens is 3. The molecule has 0 saturated heterocycles. The predicted octanol–water partition coefficient (Wildman–Crippen LogP) is 3.84. The van der Waals surface area contributed by atoms with Gasteiger partial charge in [-0.25, -0.2) is 9.48 Å². The summed E-state index contributed by atoms with van der Waals surface area (Å²) in [4.78, 5) is 11.9. The second kappa shape index (κ2) is 9.77. The van der Waals surface area contributed by atoms with Gasteiger partial charge in [-0.05, 0) is 12.0 Å². The molecule has 0 aliphatic carbocycles. The zero-order valence-electron chi connectivity index (χ0n) is 13.8. The van der Waals surface area contributed by atoms with Gasteiger partial charge < -0.3 is 4.74 Å². The minimum absolute atomic E-state index is 0.270. The molecule has 0 aliphatic heterocycles. The number of nitrogens with zero attached hydrogens (tertiary/aromatic N) is 3. The van der Waals surface area contributed by atoms with Gasteiger partial charge in [-0.15, -0.1) is 5.10 Å². The quantitative estimate of drug-likeness (QED) is 0.494. The van der Waals surface area contributed by atoms with E-state index in [9.17, 15) is 4.79 Å². The van der Waals surface area contributed by atoms with Crippen LogP contribution < -0.4 is 0 Å². The first-order valence-electron chi connectivity index (χ1n) is 8.40. The topological polar surface area (TPSA) is 57.0 Å². The number of hydrogen-bond acceptors (Lipinski definition) is 4. The Morgan fingerprint density at radius 3 is 2.61 bits per heavy atom. The zero-order chi connectivity index (χ0) is 16.3. The Kier molecular flexibility index (Phi) is 7.30. The third kappa shape index (κ3) is 6.22. The van der Waals surface area contributed by atoms with Gasteiger partial charge in [0.1, 0.15) is 0 Å². The number of hydrogen-bond donors (Lipinski definition) is 0. The lowest BCUT2D eigenvalue weighted by Gasteiger charge is -2.02. The Labute approximate surface area is 137 Å². The van der Waals surface area contributed by atoms with E-state index < -0.39 is 5.97 Å². The molecule has 5 nitrogen and oxygen atoms in total. The summed E-state index contributed by atoms with van der Waals surface area (Å²) >= 11 is 0. The second-order valence-corrected chi connectivity index (χ2v) is 5.69. The van der Waals surface area contributed by atoms with E-state index in [2.05, 4.69) is 17.2 Å². The average molecular weight is 315 g/mol. The van der Waals surface area contributed by atoms with Crippen molar-refractivity contribution in [2.24, 2.45) is 0 Å². The molecule has 0 N–H and O–H groups in total. The van der Waals surface area contributed by atoms with E-state index in [1.807, 2.05) is 30.3 Å². The van der Waals surface area contributed by atoms with Crippen LogP contribution in [0.25, 0.3) is 0 Å². The summed E-state index contributed by atoms with van der Waals surface area (Å²) in [6.45, 7) is 3.25. The monoisotopic (exact) mass is 315 g/mol. The Morgan fingerprint density at radius 1 is 1.09 bits per heavy atom. The van der Waals surface area contributed by atoms with Crippen molar-refractivity contribution in [3.05, 3.63) is 47.8 Å². The maximum absolute atomic E-state index is 11.9. The fraction of sp³-hybridized carbons (Fsp3) is 0.500. The molecule has 2 aromatic rings. The lowest BCUT2D eigenvalue weighted by atomic mass is 10.1. The molecule has 23 heavy (non-hydrogen) atoms. The highest BCUT2D eigenvalue weighted by molar-refractivity contribution is 5.86. The lowest BCUT2D eigenvalue weighted by Crippen LogP contribution is -2.07. The van der Waals surface area contributed by atoms with Crippen LogP contribution in [-0.2, 0) is 11.3 Å². The molecular weight excluding hydrogens is 290 g/mol. The van der Waals surface area contributed by atoms with Crippen LogP contribution in [0.3, 0.4) is 0 Å². The Bertz CT molecular complexity index is 581. The van der Waals surface area contributed by atoms with E-state index in [-0.39, 0.29) is 5.69 Å². The summed E-state index contributed by atoms with van der Waals surface area (Å²) < 4.78 is 6.89. The first kappa shape index (κ1) is 17.2. The highest BCUT2D eigenvalue weighted by Gasteiger charge is 2.12. The highest BCUT2D eigenvalue weighted by atomic mass is 16.5. The number of carbonyl (C=O) groups excluding carboxylic acids is 1. The van der Waals surface area contributed by atoms with Crippen LogP contribution in [0.2, 0.25) is 0 Å². The van der Waals surface area contributed by atoms with Crippen LogP contribution in [0.15, 0.2) is 36.5 Å². The molecular formula is C18H25N3O2. The van der Waals surface area contributed by atoms with Crippen molar-refractivity contribution in [1.82, 2.24) is 15.0 Å². The van der Waals surface area contributed by atoms with Crippen LogP contribution in [0.4, 0.5) is 0 Å². The molecule has 0 aliphatic rings. The summed E-state index contributed by atoms with van der Waals surface area (Å²) in [7, 11) is 0. The van der Waals surface area contributed by atoms with Crippen LogP contribution in [0.1, 0.15) is 61.5 Å². The molecule has 0 atom stereocenters. The number of unbranched alkanes of at least 4 members (excludes halogenated alkanes) is 5. The molecule has 124 valence electrons. The molecule has 0 amide bonds. The van der Waals surface area contributed by atoms with Crippen molar-refractivity contribution in [3.8, 4) is 0 Å². The number of esters is 1. The van der Waals surface area contributed by atoms with Gasteiger partial charge in [-0.2, -0.15) is 0 Å². The predicted molar refractivity (Wildman–Crippen MR) is 89.2 cm³/mol. The van der Waals surface area contributed by atoms with E-state index >= 15 is 0 Å². The normalized spacial score (nSPS) is 10.7. The number of benzene rings is 1. The van der Waals surface area contributed by atoms with Crippen molar-refractivity contribution < 1.29 is 9.53 Å². The van der Waals surface area contributed by atoms with Crippen molar-refractivity contribution >= 4 is 5.97 Å². The lowest BCUT2D eigenvalue weighted by molar-refractivity contribution is 0.0490. The smallest absolute Gasteiger partial charge is 0.360 e. The third-order valence-electron chi connectivity index (χ3n) is 3.67. The molecule has 1 aromatic carbocycles. The maximum Gasteiger partial charge on any atom is 0.360 e. The summed E-state index contributed by atoms with van der Waals surface area (Å²) in [6, 6.07) is 9.94. The molecule has 5 heteroatoms. The van der Waals surface area contributed by atoms with Crippen LogP contribution in [0.5, 0.6) is 0 Å². The summed E-state index contributed by atoms with van der Waals surface area (Å²) in [5.41, 5.74) is 1.39. The van der Waals surface area contributed by atoms with E-state index in [0.717, 1.165) is 18.4 Å². The molecule has 0 bridgehead atoms. The van der Waals surface area contributed by atoms with Gasteiger partial charge in [0.25, 0.3) is 0 Å². The zero-order valence-corrected chi connectivity index (χ0v) is 13.8. The minimum Gasteiger partial charge on any atom is -0.461 e. The molecule has 0 radical (unpaired) electrons. The Morgan fingerprint density at radius 2 is 1.83 bits per heavy atom. The standard InChI is InChI=1S/C18H25N3O2/c1-2-3-4-5-6-10-13-23-18(22)17-15-21(20-19-17)14-16-11-8-7-9-12-16/h7-9,11-12,15H,2-6,10,13-14H2,1H3. The maximum atomic E-state index is 11.9. The Hall–Kier alpha value is -2.17. The fourth-order valence-electron chi connectivity index (χ4n) is 2.36. The number of rotatable bonds is 10. The number of carbonyl (C=O) groups is 1. The molecule has 0 unspecified atom stereocenters. The molecule has 0 spiro atoms. The average Bonchev–Trinajstić information content (AvgIpc) is 3.03. The van der Waals surface area contributed by atoms with E-state index in [4.69, 9.17) is 4.74 Å². The first-order valence-corrected chi connectivity index (χ1v) is 8.40. The molecule has 1 heterocycles. The molecule has 0 fully saturated rings. The van der Waals surface area contributed by atoms with Gasteiger partial charge in [0.05, 0.1) is 19.3 Å². The molecule has 0 saturated carbocycles. The van der Waals surface area contributed by atoms with Gasteiger partial charge in [0, 0.05) is 0 Å². The van der Waals surface area contributed by atoms with Crippen molar-refractivity contribution in [1.29, 1.82) is 0 Å². The molecule has 2 rings (SSSR count). The summed E-state index contributed by atoms with van der Waals surface area (Å²) in [5.74, 6) is -0.391. The van der Waals surface area contributed by atoms with Crippen molar-refractivity contribution in [2.45, 2.75) is 52.0 Å². The van der Waals surface area contributed by atoms with Gasteiger partial charge >= 0.3 is 5.97 Å². The summed E-state index contributed by atoms with van der Waals surface area (Å²) in [5, 5.41) is 7.87. The van der Waals surface area contributed by atoms with Crippen LogP contribution in [-0.4, -0.2) is 27.6 Å². The van der Waals surface area contributed by atoms with Gasteiger partial charge in [0.15, 0.2) is 5.69 Å².